The Morgan fingerprint density at radius 1 is 1.13 bits per heavy atom. The van der Waals surface area contributed by atoms with Crippen molar-refractivity contribution >= 4 is 5.91 Å². The fraction of sp³-hybridized carbons (Fsp3) is 0.238. The number of nitrogens with zero attached hydrogens (tertiary/aromatic N) is 2. The zero-order valence-corrected chi connectivity index (χ0v) is 15.9. The number of halogens is 5. The van der Waals surface area contributed by atoms with Gasteiger partial charge in [-0.1, -0.05) is 12.1 Å². The minimum absolute atomic E-state index is 0.00181. The van der Waals surface area contributed by atoms with E-state index in [4.69, 9.17) is 5.73 Å². The van der Waals surface area contributed by atoms with Gasteiger partial charge in [0.15, 0.2) is 5.69 Å². The average molecular weight is 437 g/mol. The van der Waals surface area contributed by atoms with Crippen LogP contribution in [0.1, 0.15) is 40.4 Å². The van der Waals surface area contributed by atoms with Crippen LogP contribution in [0.3, 0.4) is 0 Å². The molecule has 1 fully saturated rings. The van der Waals surface area contributed by atoms with Crippen molar-refractivity contribution in [3.8, 4) is 17.0 Å². The van der Waals surface area contributed by atoms with Crippen LogP contribution in [0.25, 0.3) is 11.3 Å². The van der Waals surface area contributed by atoms with Gasteiger partial charge in [0.25, 0.3) is 5.91 Å². The number of carbonyl (C=O) groups excluding carboxylic acids is 1. The Bertz CT molecular complexity index is 1130. The van der Waals surface area contributed by atoms with Crippen molar-refractivity contribution in [3.63, 3.8) is 0 Å². The van der Waals surface area contributed by atoms with Gasteiger partial charge in [0.2, 0.25) is 0 Å². The molecule has 1 amide bonds. The molecule has 2 aromatic carbocycles. The quantitative estimate of drug-likeness (QED) is 0.566. The first-order valence-electron chi connectivity index (χ1n) is 9.33. The van der Waals surface area contributed by atoms with Crippen LogP contribution in [0.2, 0.25) is 0 Å². The van der Waals surface area contributed by atoms with Crippen LogP contribution in [0.5, 0.6) is 5.75 Å². The molecule has 0 aliphatic heterocycles. The number of nitrogens with two attached hydrogens (primary N) is 1. The van der Waals surface area contributed by atoms with E-state index >= 15 is 0 Å². The number of aromatic nitrogens is 2. The first-order valence-corrected chi connectivity index (χ1v) is 9.33. The van der Waals surface area contributed by atoms with Gasteiger partial charge in [-0.3, -0.25) is 9.48 Å². The van der Waals surface area contributed by atoms with Crippen LogP contribution >= 0.6 is 0 Å². The van der Waals surface area contributed by atoms with Gasteiger partial charge in [-0.25, -0.2) is 8.78 Å². The monoisotopic (exact) mass is 437 g/mol. The first-order chi connectivity index (χ1) is 14.6. The molecule has 4 rings (SSSR count). The molecule has 3 aromatic rings. The summed E-state index contributed by atoms with van der Waals surface area (Å²) in [6, 6.07) is 8.77. The molecule has 5 nitrogen and oxygen atoms in total. The number of benzene rings is 2. The summed E-state index contributed by atoms with van der Waals surface area (Å²) in [5, 5.41) is 3.94. The lowest BCUT2D eigenvalue weighted by atomic mass is 10.0. The van der Waals surface area contributed by atoms with Gasteiger partial charge in [-0.05, 0) is 54.7 Å². The van der Waals surface area contributed by atoms with Crippen LogP contribution in [-0.2, 0) is 6.54 Å². The second kappa shape index (κ2) is 7.68. The average Bonchev–Trinajstić information content (AvgIpc) is 3.44. The Kier molecular flexibility index (Phi) is 5.16. The highest BCUT2D eigenvalue weighted by atomic mass is 19.4. The van der Waals surface area contributed by atoms with Crippen molar-refractivity contribution in [1.82, 2.24) is 9.78 Å². The lowest BCUT2D eigenvalue weighted by molar-refractivity contribution is -0.274. The van der Waals surface area contributed by atoms with Gasteiger partial charge in [0, 0.05) is 11.1 Å². The Balaban J connectivity index is 1.84. The maximum atomic E-state index is 14.1. The summed E-state index contributed by atoms with van der Waals surface area (Å²) >= 11 is 0. The second-order valence-electron chi connectivity index (χ2n) is 7.21. The minimum Gasteiger partial charge on any atom is -0.405 e. The summed E-state index contributed by atoms with van der Waals surface area (Å²) in [5.74, 6) is -3.01. The van der Waals surface area contributed by atoms with E-state index in [1.54, 1.807) is 6.07 Å². The molecule has 0 unspecified atom stereocenters. The van der Waals surface area contributed by atoms with E-state index in [-0.39, 0.29) is 28.4 Å². The van der Waals surface area contributed by atoms with Crippen LogP contribution in [-0.4, -0.2) is 22.1 Å². The molecular weight excluding hydrogens is 421 g/mol. The molecule has 31 heavy (non-hydrogen) atoms. The molecule has 1 heterocycles. The maximum Gasteiger partial charge on any atom is 0.573 e. The van der Waals surface area contributed by atoms with Gasteiger partial charge >= 0.3 is 6.36 Å². The van der Waals surface area contributed by atoms with Gasteiger partial charge in [0.1, 0.15) is 17.4 Å². The number of carbonyl (C=O) groups is 1. The van der Waals surface area contributed by atoms with E-state index in [9.17, 15) is 26.7 Å². The highest BCUT2D eigenvalue weighted by Gasteiger charge is 2.34. The number of hydrogen-bond donors (Lipinski definition) is 1. The van der Waals surface area contributed by atoms with Crippen molar-refractivity contribution in [1.29, 1.82) is 0 Å². The summed E-state index contributed by atoms with van der Waals surface area (Å²) in [7, 11) is 0. The van der Waals surface area contributed by atoms with Crippen molar-refractivity contribution in [2.24, 2.45) is 5.73 Å². The van der Waals surface area contributed by atoms with Gasteiger partial charge in [0.05, 0.1) is 12.2 Å². The number of ether oxygens (including phenoxy) is 1. The Morgan fingerprint density at radius 2 is 1.81 bits per heavy atom. The molecule has 1 aromatic heterocycles. The number of rotatable bonds is 6. The van der Waals surface area contributed by atoms with Crippen molar-refractivity contribution in [2.75, 3.05) is 0 Å². The Morgan fingerprint density at radius 3 is 2.39 bits per heavy atom. The standard InChI is InChI=1S/C21H16F5N3O2/c22-15-2-1-3-16(23)14(15)10-29-18(9-17(28-29)20(27)30)13-7-6-12(11-4-5-11)8-19(13)31-21(24,25)26/h1-3,6-9,11H,4-5,10H2,(H2,27,30). The lowest BCUT2D eigenvalue weighted by Crippen LogP contribution is -2.18. The number of primary amides is 1. The molecule has 0 saturated heterocycles. The van der Waals surface area contributed by atoms with Crippen molar-refractivity contribution < 1.29 is 31.5 Å². The van der Waals surface area contributed by atoms with E-state index in [2.05, 4.69) is 9.84 Å². The van der Waals surface area contributed by atoms with Crippen LogP contribution in [0.15, 0.2) is 42.5 Å². The SMILES string of the molecule is NC(=O)c1cc(-c2ccc(C3CC3)cc2OC(F)(F)F)n(Cc2c(F)cccc2F)n1. The Labute approximate surface area is 173 Å². The summed E-state index contributed by atoms with van der Waals surface area (Å²) in [6.07, 6.45) is -3.24. The lowest BCUT2D eigenvalue weighted by Gasteiger charge is -2.16. The fourth-order valence-electron chi connectivity index (χ4n) is 3.34. The van der Waals surface area contributed by atoms with Crippen LogP contribution < -0.4 is 10.5 Å². The number of amides is 1. The predicted molar refractivity (Wildman–Crippen MR) is 100 cm³/mol. The third-order valence-electron chi connectivity index (χ3n) is 4.96. The van der Waals surface area contributed by atoms with Crippen LogP contribution in [0.4, 0.5) is 22.0 Å². The fourth-order valence-corrected chi connectivity index (χ4v) is 3.34. The molecule has 10 heteroatoms. The van der Waals surface area contributed by atoms with E-state index in [0.717, 1.165) is 35.7 Å². The smallest absolute Gasteiger partial charge is 0.405 e. The molecule has 1 saturated carbocycles. The molecule has 2 N–H and O–H groups in total. The van der Waals surface area contributed by atoms with Gasteiger partial charge < -0.3 is 10.5 Å². The molecule has 0 bridgehead atoms. The van der Waals surface area contributed by atoms with E-state index in [1.807, 2.05) is 0 Å². The summed E-state index contributed by atoms with van der Waals surface area (Å²) in [4.78, 5) is 11.6. The number of alkyl halides is 3. The maximum absolute atomic E-state index is 14.1. The van der Waals surface area contributed by atoms with Crippen molar-refractivity contribution in [2.45, 2.75) is 31.7 Å². The highest BCUT2D eigenvalue weighted by molar-refractivity contribution is 5.92. The zero-order chi connectivity index (χ0) is 22.3. The molecule has 1 aliphatic rings. The van der Waals surface area contributed by atoms with Gasteiger partial charge in [-0.2, -0.15) is 5.10 Å². The molecule has 162 valence electrons. The topological polar surface area (TPSA) is 70.1 Å². The van der Waals surface area contributed by atoms with Crippen molar-refractivity contribution in [3.05, 3.63) is 70.9 Å². The van der Waals surface area contributed by atoms with E-state index < -0.39 is 36.2 Å². The number of hydrogen-bond acceptors (Lipinski definition) is 3. The third-order valence-corrected chi connectivity index (χ3v) is 4.96. The Hall–Kier alpha value is -3.43. The molecule has 0 radical (unpaired) electrons. The van der Waals surface area contributed by atoms with E-state index in [0.29, 0.717) is 5.56 Å². The minimum atomic E-state index is -4.97. The summed E-state index contributed by atoms with van der Waals surface area (Å²) < 4.78 is 72.7. The second-order valence-corrected chi connectivity index (χ2v) is 7.21. The molecule has 0 spiro atoms. The first kappa shape index (κ1) is 20.8. The molecule has 1 aliphatic carbocycles. The normalized spacial score (nSPS) is 14.0. The molecular formula is C21H16F5N3O2. The molecule has 0 atom stereocenters. The summed E-state index contributed by atoms with van der Waals surface area (Å²) in [6.45, 7) is -0.475. The highest BCUT2D eigenvalue weighted by Crippen LogP contribution is 2.44. The summed E-state index contributed by atoms with van der Waals surface area (Å²) in [5.41, 5.74) is 5.27. The van der Waals surface area contributed by atoms with Crippen LogP contribution in [0, 0.1) is 11.6 Å². The van der Waals surface area contributed by atoms with E-state index in [1.165, 1.54) is 18.2 Å². The zero-order valence-electron chi connectivity index (χ0n) is 15.9. The third kappa shape index (κ3) is 4.52. The van der Waals surface area contributed by atoms with Gasteiger partial charge in [-0.15, -0.1) is 13.2 Å². The largest absolute Gasteiger partial charge is 0.573 e. The predicted octanol–water partition coefficient (Wildman–Crippen LogP) is 4.75.